The summed E-state index contributed by atoms with van der Waals surface area (Å²) in [5, 5.41) is 13.3. The molecule has 0 aliphatic heterocycles. The van der Waals surface area contributed by atoms with Crippen LogP contribution in [0.2, 0.25) is 0 Å². The summed E-state index contributed by atoms with van der Waals surface area (Å²) < 4.78 is 12.5. The van der Waals surface area contributed by atoms with E-state index >= 15 is 0 Å². The van der Waals surface area contributed by atoms with Crippen molar-refractivity contribution in [3.8, 4) is 11.1 Å². The lowest BCUT2D eigenvalue weighted by Crippen LogP contribution is -2.44. The molecular weight excluding hydrogens is 508 g/mol. The van der Waals surface area contributed by atoms with Crippen molar-refractivity contribution in [1.29, 1.82) is 0 Å². The number of hydrogen-bond acceptors (Lipinski definition) is 5. The molecule has 1 aliphatic rings. The normalized spacial score (nSPS) is 14.2. The summed E-state index contributed by atoms with van der Waals surface area (Å²) in [5.41, 5.74) is 4.81. The van der Waals surface area contributed by atoms with Gasteiger partial charge in [-0.15, -0.1) is 0 Å². The summed E-state index contributed by atoms with van der Waals surface area (Å²) in [6.07, 6.45) is 0.189. The maximum Gasteiger partial charge on any atom is 0.419 e. The van der Waals surface area contributed by atoms with Crippen LogP contribution >= 0.6 is 0 Å². The maximum atomic E-state index is 12.9. The van der Waals surface area contributed by atoms with E-state index in [1.54, 1.807) is 46.0 Å². The number of carboxylic acid groups (broad SMARTS) is 1. The number of fused-ring (bicyclic) bond motifs is 4. The standard InChI is InChI=1S/C32H32N2O6/c1-19(25-17-34(31(38)40-32(2,3)4)27-16-10-9-15-24(25)27)28(29(35)36)33-30(37)39-18-26-22-13-7-5-11-20(22)21-12-6-8-14-23(21)26/h5-17,19,26,28H,18H2,1-4H3,(H,33,37)(H,35,36). The van der Waals surface area contributed by atoms with Gasteiger partial charge in [-0.25, -0.2) is 14.4 Å². The van der Waals surface area contributed by atoms with Gasteiger partial charge in [-0.05, 0) is 54.7 Å². The Labute approximate surface area is 232 Å². The zero-order chi connectivity index (χ0) is 28.6. The second kappa shape index (κ2) is 10.5. The molecule has 0 spiro atoms. The third-order valence-corrected chi connectivity index (χ3v) is 7.21. The van der Waals surface area contributed by atoms with Crippen LogP contribution in [0, 0.1) is 0 Å². The first kappa shape index (κ1) is 27.0. The van der Waals surface area contributed by atoms with E-state index in [1.165, 1.54) is 4.57 Å². The second-order valence-corrected chi connectivity index (χ2v) is 11.0. The third kappa shape index (κ3) is 5.17. The Balaban J connectivity index is 1.35. The van der Waals surface area contributed by atoms with Crippen molar-refractivity contribution in [1.82, 2.24) is 9.88 Å². The molecule has 5 rings (SSSR count). The summed E-state index contributed by atoms with van der Waals surface area (Å²) in [4.78, 5) is 38.2. The zero-order valence-electron chi connectivity index (χ0n) is 22.9. The Kier molecular flexibility index (Phi) is 7.10. The van der Waals surface area contributed by atoms with Crippen LogP contribution in [0.5, 0.6) is 0 Å². The lowest BCUT2D eigenvalue weighted by molar-refractivity contribution is -0.139. The molecular formula is C32H32N2O6. The highest BCUT2D eigenvalue weighted by Crippen LogP contribution is 2.44. The van der Waals surface area contributed by atoms with Gasteiger partial charge in [0, 0.05) is 23.4 Å². The lowest BCUT2D eigenvalue weighted by Gasteiger charge is -2.22. The molecule has 2 unspecified atom stereocenters. The van der Waals surface area contributed by atoms with Crippen LogP contribution in [-0.4, -0.2) is 46.1 Å². The highest BCUT2D eigenvalue weighted by Gasteiger charge is 2.33. The van der Waals surface area contributed by atoms with E-state index in [1.807, 2.05) is 60.7 Å². The van der Waals surface area contributed by atoms with Gasteiger partial charge in [-0.3, -0.25) is 4.57 Å². The van der Waals surface area contributed by atoms with Crippen LogP contribution in [0.4, 0.5) is 9.59 Å². The van der Waals surface area contributed by atoms with Crippen molar-refractivity contribution < 1.29 is 29.0 Å². The predicted octanol–water partition coefficient (Wildman–Crippen LogP) is 6.52. The number of aliphatic carboxylic acids is 1. The van der Waals surface area contributed by atoms with Gasteiger partial charge >= 0.3 is 18.2 Å². The fourth-order valence-electron chi connectivity index (χ4n) is 5.38. The van der Waals surface area contributed by atoms with E-state index in [0.717, 1.165) is 22.3 Å². The van der Waals surface area contributed by atoms with E-state index in [9.17, 15) is 19.5 Å². The number of nitrogens with one attached hydrogen (secondary N) is 1. The fraction of sp³-hybridized carbons (Fsp3) is 0.281. The first-order valence-corrected chi connectivity index (χ1v) is 13.2. The van der Waals surface area contributed by atoms with Crippen LogP contribution in [0.25, 0.3) is 22.0 Å². The van der Waals surface area contributed by atoms with Crippen molar-refractivity contribution in [3.05, 3.63) is 95.7 Å². The van der Waals surface area contributed by atoms with Crippen molar-refractivity contribution in [3.63, 3.8) is 0 Å². The quantitative estimate of drug-likeness (QED) is 0.288. The Morgan fingerprint density at radius 2 is 1.50 bits per heavy atom. The molecule has 40 heavy (non-hydrogen) atoms. The van der Waals surface area contributed by atoms with E-state index in [0.29, 0.717) is 16.5 Å². The minimum absolute atomic E-state index is 0.0680. The monoisotopic (exact) mass is 540 g/mol. The van der Waals surface area contributed by atoms with E-state index in [-0.39, 0.29) is 12.5 Å². The molecule has 1 amide bonds. The van der Waals surface area contributed by atoms with Gasteiger partial charge in [0.2, 0.25) is 0 Å². The molecule has 0 fully saturated rings. The molecule has 1 aromatic heterocycles. The number of carbonyl (C=O) groups is 3. The minimum Gasteiger partial charge on any atom is -0.480 e. The van der Waals surface area contributed by atoms with Crippen molar-refractivity contribution in [2.75, 3.05) is 6.61 Å². The highest BCUT2D eigenvalue weighted by molar-refractivity contribution is 5.93. The van der Waals surface area contributed by atoms with E-state index in [4.69, 9.17) is 9.47 Å². The predicted molar refractivity (Wildman–Crippen MR) is 152 cm³/mol. The number of carboxylic acids is 1. The summed E-state index contributed by atoms with van der Waals surface area (Å²) >= 11 is 0. The van der Waals surface area contributed by atoms with Crippen LogP contribution in [0.3, 0.4) is 0 Å². The summed E-state index contributed by atoms with van der Waals surface area (Å²) in [7, 11) is 0. The first-order chi connectivity index (χ1) is 19.0. The van der Waals surface area contributed by atoms with Crippen LogP contribution in [0.1, 0.15) is 56.2 Å². The number of ether oxygens (including phenoxy) is 2. The molecule has 8 nitrogen and oxygen atoms in total. The molecule has 206 valence electrons. The summed E-state index contributed by atoms with van der Waals surface area (Å²) in [5.74, 6) is -2.05. The molecule has 0 bridgehead atoms. The Morgan fingerprint density at radius 1 is 0.925 bits per heavy atom. The van der Waals surface area contributed by atoms with Gasteiger partial charge in [0.15, 0.2) is 0 Å². The average Bonchev–Trinajstić information content (AvgIpc) is 3.46. The smallest absolute Gasteiger partial charge is 0.419 e. The number of carbonyl (C=O) groups excluding carboxylic acids is 2. The van der Waals surface area contributed by atoms with Gasteiger partial charge in [-0.2, -0.15) is 0 Å². The van der Waals surface area contributed by atoms with Crippen molar-refractivity contribution in [2.24, 2.45) is 0 Å². The largest absolute Gasteiger partial charge is 0.480 e. The maximum absolute atomic E-state index is 12.9. The molecule has 1 heterocycles. The first-order valence-electron chi connectivity index (χ1n) is 13.2. The van der Waals surface area contributed by atoms with Gasteiger partial charge in [-0.1, -0.05) is 73.7 Å². The van der Waals surface area contributed by atoms with Gasteiger partial charge in [0.25, 0.3) is 0 Å². The molecule has 2 N–H and O–H groups in total. The fourth-order valence-corrected chi connectivity index (χ4v) is 5.38. The molecule has 2 atom stereocenters. The van der Waals surface area contributed by atoms with Gasteiger partial charge < -0.3 is 19.9 Å². The van der Waals surface area contributed by atoms with Gasteiger partial charge in [0.1, 0.15) is 18.2 Å². The number of para-hydroxylation sites is 1. The summed E-state index contributed by atoms with van der Waals surface area (Å²) in [6, 6.07) is 21.9. The molecule has 4 aromatic rings. The third-order valence-electron chi connectivity index (χ3n) is 7.21. The number of benzene rings is 3. The average molecular weight is 541 g/mol. The lowest BCUT2D eigenvalue weighted by atomic mass is 9.93. The van der Waals surface area contributed by atoms with E-state index in [2.05, 4.69) is 5.32 Å². The Bertz CT molecular complexity index is 1550. The molecule has 0 saturated heterocycles. The number of alkyl carbamates (subject to hydrolysis) is 1. The number of nitrogens with zero attached hydrogens (tertiary/aromatic N) is 1. The molecule has 1 aliphatic carbocycles. The Morgan fingerprint density at radius 3 is 2.10 bits per heavy atom. The van der Waals surface area contributed by atoms with Gasteiger partial charge in [0.05, 0.1) is 5.52 Å². The highest BCUT2D eigenvalue weighted by atomic mass is 16.6. The Hall–Kier alpha value is -4.59. The topological polar surface area (TPSA) is 107 Å². The minimum atomic E-state index is -1.30. The van der Waals surface area contributed by atoms with Crippen molar-refractivity contribution in [2.45, 2.75) is 51.2 Å². The van der Waals surface area contributed by atoms with Crippen LogP contribution in [-0.2, 0) is 14.3 Å². The molecule has 8 heteroatoms. The summed E-state index contributed by atoms with van der Waals surface area (Å²) in [6.45, 7) is 7.10. The van der Waals surface area contributed by atoms with Crippen molar-refractivity contribution >= 4 is 29.1 Å². The molecule has 0 saturated carbocycles. The van der Waals surface area contributed by atoms with Crippen LogP contribution < -0.4 is 5.32 Å². The number of hydrogen-bond donors (Lipinski definition) is 2. The van der Waals surface area contributed by atoms with Crippen LogP contribution in [0.15, 0.2) is 79.0 Å². The molecule has 3 aromatic carbocycles. The number of rotatable bonds is 6. The SMILES string of the molecule is CC(c1cn(C(=O)OC(C)(C)C)c2ccccc12)C(NC(=O)OCC1c2ccccc2-c2ccccc21)C(=O)O. The number of aromatic nitrogens is 1. The zero-order valence-corrected chi connectivity index (χ0v) is 22.9. The van der Waals surface area contributed by atoms with E-state index < -0.39 is 35.7 Å². The molecule has 0 radical (unpaired) electrons. The number of amides is 1. The second-order valence-electron chi connectivity index (χ2n) is 11.0.